The van der Waals surface area contributed by atoms with E-state index in [1.54, 1.807) is 46.3 Å². The Hall–Kier alpha value is -3.48. The molecule has 3 atom stereocenters. The molecule has 2 aromatic rings. The van der Waals surface area contributed by atoms with Crippen molar-refractivity contribution in [3.8, 4) is 11.5 Å². The van der Waals surface area contributed by atoms with Crippen molar-refractivity contribution in [3.05, 3.63) is 70.7 Å². The lowest BCUT2D eigenvalue weighted by atomic mass is 9.69. The van der Waals surface area contributed by atoms with Gasteiger partial charge in [-0.2, -0.15) is 0 Å². The Bertz CT molecular complexity index is 1190. The number of ketones is 1. The first kappa shape index (κ1) is 23.7. The Labute approximate surface area is 198 Å². The molecule has 2 aliphatic rings. The van der Waals surface area contributed by atoms with E-state index in [9.17, 15) is 14.0 Å². The third-order valence-electron chi connectivity index (χ3n) is 6.55. The average molecular weight is 466 g/mol. The maximum Gasteiger partial charge on any atom is 0.315 e. The Morgan fingerprint density at radius 3 is 2.50 bits per heavy atom. The van der Waals surface area contributed by atoms with Gasteiger partial charge in [0.25, 0.3) is 0 Å². The van der Waals surface area contributed by atoms with E-state index in [-0.39, 0.29) is 24.7 Å². The molecule has 1 heterocycles. The highest BCUT2D eigenvalue weighted by Gasteiger charge is 2.45. The summed E-state index contributed by atoms with van der Waals surface area (Å²) < 4.78 is 31.0. The summed E-state index contributed by atoms with van der Waals surface area (Å²) in [7, 11) is 3.14. The molecule has 0 N–H and O–H groups in total. The molecule has 0 spiro atoms. The molecule has 4 rings (SSSR count). The first-order valence-corrected chi connectivity index (χ1v) is 11.3. The summed E-state index contributed by atoms with van der Waals surface area (Å²) >= 11 is 0. The van der Waals surface area contributed by atoms with Gasteiger partial charge in [-0.1, -0.05) is 24.3 Å². The molecule has 0 amide bonds. The van der Waals surface area contributed by atoms with Crippen LogP contribution in [-0.2, 0) is 14.3 Å². The SMILES string of the molecule is CCOC(=O)C1C(C)=NC2=C(C(=O)C[C@H](c3ccc(OC)c(OC)c3)C2)[C@H]1c1ccccc1F. The number of Topliss-reactive ketones (excluding diaryl/α,β-unsaturated/α-hetero) is 1. The highest BCUT2D eigenvalue weighted by Crippen LogP contribution is 2.48. The lowest BCUT2D eigenvalue weighted by Gasteiger charge is -2.36. The number of aliphatic imine (C=N–C) groups is 1. The van der Waals surface area contributed by atoms with Crippen molar-refractivity contribution in [1.29, 1.82) is 0 Å². The van der Waals surface area contributed by atoms with E-state index in [1.165, 1.54) is 6.07 Å². The summed E-state index contributed by atoms with van der Waals surface area (Å²) in [6.07, 6.45) is 0.720. The summed E-state index contributed by atoms with van der Waals surface area (Å²) in [5, 5.41) is 0. The fourth-order valence-electron chi connectivity index (χ4n) is 5.00. The summed E-state index contributed by atoms with van der Waals surface area (Å²) in [6.45, 7) is 3.65. The van der Waals surface area contributed by atoms with E-state index < -0.39 is 23.6 Å². The zero-order chi connectivity index (χ0) is 24.4. The van der Waals surface area contributed by atoms with Crippen molar-refractivity contribution in [2.24, 2.45) is 10.9 Å². The predicted octanol–water partition coefficient (Wildman–Crippen LogP) is 4.98. The molecule has 1 aliphatic carbocycles. The molecule has 0 radical (unpaired) electrons. The number of allylic oxidation sites excluding steroid dienone is 2. The number of ether oxygens (including phenoxy) is 3. The summed E-state index contributed by atoms with van der Waals surface area (Å²) in [5.74, 6) is -1.65. The molecule has 2 aromatic carbocycles. The Morgan fingerprint density at radius 2 is 1.82 bits per heavy atom. The molecule has 6 nitrogen and oxygen atoms in total. The van der Waals surface area contributed by atoms with Crippen LogP contribution < -0.4 is 9.47 Å². The van der Waals surface area contributed by atoms with E-state index in [2.05, 4.69) is 0 Å². The van der Waals surface area contributed by atoms with E-state index in [4.69, 9.17) is 19.2 Å². The number of rotatable bonds is 6. The minimum Gasteiger partial charge on any atom is -0.493 e. The quantitative estimate of drug-likeness (QED) is 0.563. The van der Waals surface area contributed by atoms with Gasteiger partial charge in [0.15, 0.2) is 17.3 Å². The Morgan fingerprint density at radius 1 is 1.09 bits per heavy atom. The molecule has 7 heteroatoms. The molecule has 178 valence electrons. The third-order valence-corrected chi connectivity index (χ3v) is 6.55. The van der Waals surface area contributed by atoms with Gasteiger partial charge in [0.05, 0.1) is 20.8 Å². The van der Waals surface area contributed by atoms with Gasteiger partial charge in [0.2, 0.25) is 0 Å². The average Bonchev–Trinajstić information content (AvgIpc) is 2.83. The van der Waals surface area contributed by atoms with E-state index >= 15 is 0 Å². The maximum absolute atomic E-state index is 15.0. The van der Waals surface area contributed by atoms with E-state index in [1.807, 2.05) is 18.2 Å². The van der Waals surface area contributed by atoms with E-state index in [0.717, 1.165) is 5.56 Å². The molecule has 1 aliphatic heterocycles. The van der Waals surface area contributed by atoms with Crippen molar-refractivity contribution >= 4 is 17.5 Å². The summed E-state index contributed by atoms with van der Waals surface area (Å²) in [4.78, 5) is 31.2. The number of halogens is 1. The molecule has 0 saturated carbocycles. The van der Waals surface area contributed by atoms with Gasteiger partial charge in [-0.3, -0.25) is 14.6 Å². The lowest BCUT2D eigenvalue weighted by Crippen LogP contribution is -2.38. The van der Waals surface area contributed by atoms with Crippen molar-refractivity contribution in [2.75, 3.05) is 20.8 Å². The van der Waals surface area contributed by atoms with Crippen LogP contribution in [0, 0.1) is 11.7 Å². The number of methoxy groups -OCH3 is 2. The predicted molar refractivity (Wildman–Crippen MR) is 126 cm³/mol. The molecule has 34 heavy (non-hydrogen) atoms. The number of hydrogen-bond donors (Lipinski definition) is 0. The molecule has 0 saturated heterocycles. The zero-order valence-electron chi connectivity index (χ0n) is 19.8. The fourth-order valence-corrected chi connectivity index (χ4v) is 5.00. The largest absolute Gasteiger partial charge is 0.493 e. The van der Waals surface area contributed by atoms with Gasteiger partial charge in [-0.05, 0) is 55.5 Å². The second-order valence-corrected chi connectivity index (χ2v) is 8.49. The van der Waals surface area contributed by atoms with E-state index in [0.29, 0.717) is 40.5 Å². The summed E-state index contributed by atoms with van der Waals surface area (Å²) in [5.41, 5.74) is 2.76. The van der Waals surface area contributed by atoms with Crippen LogP contribution in [0.5, 0.6) is 11.5 Å². The van der Waals surface area contributed by atoms with Crippen molar-refractivity contribution < 1.29 is 28.2 Å². The minimum atomic E-state index is -0.850. The Balaban J connectivity index is 1.79. The number of carbonyl (C=O) groups excluding carboxylic acids is 2. The lowest BCUT2D eigenvalue weighted by molar-refractivity contribution is -0.146. The molecular formula is C27H28FNO5. The minimum absolute atomic E-state index is 0.122. The van der Waals surface area contributed by atoms with Gasteiger partial charge in [0, 0.05) is 29.3 Å². The molecule has 0 bridgehead atoms. The molecule has 0 aromatic heterocycles. The van der Waals surface area contributed by atoms with Gasteiger partial charge >= 0.3 is 5.97 Å². The van der Waals surface area contributed by atoms with Crippen LogP contribution in [0.2, 0.25) is 0 Å². The second-order valence-electron chi connectivity index (χ2n) is 8.49. The number of nitrogens with zero attached hydrogens (tertiary/aromatic N) is 1. The smallest absolute Gasteiger partial charge is 0.315 e. The first-order chi connectivity index (χ1) is 16.4. The van der Waals surface area contributed by atoms with Crippen LogP contribution in [0.3, 0.4) is 0 Å². The normalized spacial score (nSPS) is 22.1. The molecule has 0 fully saturated rings. The zero-order valence-corrected chi connectivity index (χ0v) is 19.8. The number of esters is 1. The molecular weight excluding hydrogens is 437 g/mol. The molecule has 1 unspecified atom stereocenters. The van der Waals surface area contributed by atoms with Crippen LogP contribution in [0.25, 0.3) is 0 Å². The number of hydrogen-bond acceptors (Lipinski definition) is 6. The fraction of sp³-hybridized carbons (Fsp3) is 0.370. The number of benzene rings is 2. The van der Waals surface area contributed by atoms with Gasteiger partial charge in [-0.15, -0.1) is 0 Å². The van der Waals surface area contributed by atoms with Crippen LogP contribution in [-0.4, -0.2) is 38.3 Å². The van der Waals surface area contributed by atoms with Crippen LogP contribution in [0.15, 0.2) is 58.7 Å². The highest BCUT2D eigenvalue weighted by atomic mass is 19.1. The third kappa shape index (κ3) is 4.22. The Kier molecular flexibility index (Phi) is 6.82. The second kappa shape index (κ2) is 9.79. The van der Waals surface area contributed by atoms with Crippen LogP contribution in [0.4, 0.5) is 4.39 Å². The highest BCUT2D eigenvalue weighted by molar-refractivity contribution is 6.09. The van der Waals surface area contributed by atoms with Crippen molar-refractivity contribution in [3.63, 3.8) is 0 Å². The number of carbonyl (C=O) groups is 2. The standard InChI is InChI=1S/C27H28FNO5/c1-5-34-27(31)24-15(2)29-20-12-17(16-10-11-22(32-3)23(14-16)33-4)13-21(30)26(20)25(24)18-8-6-7-9-19(18)28/h6-11,14,17,24-25H,5,12-13H2,1-4H3/t17-,24?,25+/m1/s1. The first-order valence-electron chi connectivity index (χ1n) is 11.3. The van der Waals surface area contributed by atoms with Gasteiger partial charge in [0.1, 0.15) is 11.7 Å². The summed E-state index contributed by atoms with van der Waals surface area (Å²) in [6, 6.07) is 11.9. The van der Waals surface area contributed by atoms with Gasteiger partial charge < -0.3 is 14.2 Å². The topological polar surface area (TPSA) is 74.2 Å². The van der Waals surface area contributed by atoms with Gasteiger partial charge in [-0.25, -0.2) is 4.39 Å². The van der Waals surface area contributed by atoms with Crippen LogP contribution in [0.1, 0.15) is 49.7 Å². The van der Waals surface area contributed by atoms with Crippen molar-refractivity contribution in [2.45, 2.75) is 38.5 Å². The van der Waals surface area contributed by atoms with Crippen molar-refractivity contribution in [1.82, 2.24) is 0 Å². The van der Waals surface area contributed by atoms with Crippen LogP contribution >= 0.6 is 0 Å². The maximum atomic E-state index is 15.0. The monoisotopic (exact) mass is 465 g/mol.